The molecule has 0 atom stereocenters. The van der Waals surface area contributed by atoms with Gasteiger partial charge in [0, 0.05) is 35.0 Å². The minimum Gasteiger partial charge on any atom is -0.451 e. The highest BCUT2D eigenvalue weighted by Gasteiger charge is 2.21. The topological polar surface area (TPSA) is 80.6 Å². The number of amides is 2. The van der Waals surface area contributed by atoms with Crippen molar-refractivity contribution in [3.8, 4) is 0 Å². The van der Waals surface area contributed by atoms with E-state index in [0.717, 1.165) is 10.9 Å². The first kappa shape index (κ1) is 20.4. The van der Waals surface area contributed by atoms with Gasteiger partial charge in [0.2, 0.25) is 0 Å². The largest absolute Gasteiger partial charge is 0.451 e. The fourth-order valence-corrected chi connectivity index (χ4v) is 3.44. The average molecular weight is 414 g/mol. The first-order valence-corrected chi connectivity index (χ1v) is 9.85. The third-order valence-electron chi connectivity index (χ3n) is 5.06. The molecule has 0 radical (unpaired) electrons. The summed E-state index contributed by atoms with van der Waals surface area (Å²) in [5.41, 5.74) is 3.82. The van der Waals surface area contributed by atoms with Crippen LogP contribution in [-0.2, 0) is 11.3 Å². The summed E-state index contributed by atoms with van der Waals surface area (Å²) in [6.45, 7) is 2.09. The van der Waals surface area contributed by atoms with Crippen LogP contribution in [0.25, 0.3) is 11.0 Å². The minimum absolute atomic E-state index is 0.209. The Balaban J connectivity index is 1.60. The van der Waals surface area contributed by atoms with Crippen LogP contribution in [0.2, 0.25) is 0 Å². The van der Waals surface area contributed by atoms with Crippen LogP contribution >= 0.6 is 0 Å². The number of fused-ring (bicyclic) bond motifs is 1. The average Bonchev–Trinajstić information content (AvgIpc) is 3.16. The molecule has 2 amide bonds. The maximum absolute atomic E-state index is 13.0. The second-order valence-corrected chi connectivity index (χ2v) is 7.09. The molecule has 0 fully saturated rings. The Bertz CT molecular complexity index is 1250. The summed E-state index contributed by atoms with van der Waals surface area (Å²) in [5.74, 6) is -0.383. The van der Waals surface area contributed by atoms with E-state index in [-0.39, 0.29) is 24.2 Å². The SMILES string of the molecule is COCc1c(C(=O)Nc2cccc(NC(=O)c3ccccc3)c2C)oc2ccccc12. The second-order valence-electron chi connectivity index (χ2n) is 7.09. The number of furan rings is 1. The van der Waals surface area contributed by atoms with Gasteiger partial charge in [-0.3, -0.25) is 9.59 Å². The second kappa shape index (κ2) is 8.85. The lowest BCUT2D eigenvalue weighted by atomic mass is 10.1. The Morgan fingerprint density at radius 3 is 2.19 bits per heavy atom. The zero-order chi connectivity index (χ0) is 21.8. The molecule has 0 bridgehead atoms. The molecule has 0 saturated heterocycles. The number of hydrogen-bond donors (Lipinski definition) is 2. The van der Waals surface area contributed by atoms with Crippen molar-refractivity contribution in [2.24, 2.45) is 0 Å². The van der Waals surface area contributed by atoms with Crippen molar-refractivity contribution < 1.29 is 18.7 Å². The lowest BCUT2D eigenvalue weighted by Gasteiger charge is -2.13. The normalized spacial score (nSPS) is 10.8. The van der Waals surface area contributed by atoms with Crippen LogP contribution < -0.4 is 10.6 Å². The van der Waals surface area contributed by atoms with Crippen molar-refractivity contribution in [3.05, 3.63) is 95.2 Å². The standard InChI is InChI=1S/C25H22N2O4/c1-16-20(26-24(28)17-9-4-3-5-10-17)12-8-13-21(16)27-25(29)23-19(15-30-2)18-11-6-7-14-22(18)31-23/h3-14H,15H2,1-2H3,(H,26,28)(H,27,29). The summed E-state index contributed by atoms with van der Waals surface area (Å²) in [6, 6.07) is 21.8. The molecule has 4 aromatic rings. The number of nitrogens with one attached hydrogen (secondary N) is 2. The molecule has 6 heteroatoms. The highest BCUT2D eigenvalue weighted by atomic mass is 16.5. The van der Waals surface area contributed by atoms with Crippen LogP contribution in [-0.4, -0.2) is 18.9 Å². The first-order chi connectivity index (χ1) is 15.1. The van der Waals surface area contributed by atoms with E-state index in [4.69, 9.17) is 9.15 Å². The van der Waals surface area contributed by atoms with Gasteiger partial charge in [0.15, 0.2) is 5.76 Å². The molecule has 3 aromatic carbocycles. The molecule has 156 valence electrons. The predicted molar refractivity (Wildman–Crippen MR) is 120 cm³/mol. The Labute approximate surface area is 179 Å². The minimum atomic E-state index is -0.377. The van der Waals surface area contributed by atoms with E-state index in [1.807, 2.05) is 49.4 Å². The Hall–Kier alpha value is -3.90. The number of hydrogen-bond acceptors (Lipinski definition) is 4. The van der Waals surface area contributed by atoms with E-state index < -0.39 is 0 Å². The van der Waals surface area contributed by atoms with E-state index >= 15 is 0 Å². The van der Waals surface area contributed by atoms with Crippen LogP contribution in [0.1, 0.15) is 32.0 Å². The third kappa shape index (κ3) is 4.20. The maximum atomic E-state index is 13.0. The molecule has 4 rings (SSSR count). The summed E-state index contributed by atoms with van der Waals surface area (Å²) in [6.07, 6.45) is 0. The number of benzene rings is 3. The lowest BCUT2D eigenvalue weighted by Crippen LogP contribution is -2.16. The van der Waals surface area contributed by atoms with Gasteiger partial charge in [0.25, 0.3) is 11.8 Å². The van der Waals surface area contributed by atoms with Crippen molar-refractivity contribution in [2.45, 2.75) is 13.5 Å². The summed E-state index contributed by atoms with van der Waals surface area (Å²) in [4.78, 5) is 25.5. The molecular formula is C25H22N2O4. The predicted octanol–water partition coefficient (Wildman–Crippen LogP) is 5.39. The smallest absolute Gasteiger partial charge is 0.291 e. The van der Waals surface area contributed by atoms with Gasteiger partial charge in [0.05, 0.1) is 6.61 Å². The van der Waals surface area contributed by atoms with E-state index in [9.17, 15) is 9.59 Å². The number of methoxy groups -OCH3 is 1. The highest BCUT2D eigenvalue weighted by Crippen LogP contribution is 2.29. The molecule has 0 aliphatic rings. The fraction of sp³-hybridized carbons (Fsp3) is 0.120. The summed E-state index contributed by atoms with van der Waals surface area (Å²) >= 11 is 0. The highest BCUT2D eigenvalue weighted by molar-refractivity contribution is 6.08. The van der Waals surface area contributed by atoms with Gasteiger partial charge in [-0.15, -0.1) is 0 Å². The zero-order valence-electron chi connectivity index (χ0n) is 17.3. The molecular weight excluding hydrogens is 392 g/mol. The molecule has 0 aliphatic carbocycles. The van der Waals surface area contributed by atoms with Gasteiger partial charge in [-0.05, 0) is 42.8 Å². The Morgan fingerprint density at radius 2 is 1.48 bits per heavy atom. The molecule has 0 unspecified atom stereocenters. The van der Waals surface area contributed by atoms with Crippen molar-refractivity contribution >= 4 is 34.2 Å². The molecule has 1 aromatic heterocycles. The number of ether oxygens (including phenoxy) is 1. The quantitative estimate of drug-likeness (QED) is 0.443. The van der Waals surface area contributed by atoms with Crippen molar-refractivity contribution in [2.75, 3.05) is 17.7 Å². The van der Waals surface area contributed by atoms with Crippen LogP contribution in [0, 0.1) is 6.92 Å². The number of rotatable bonds is 6. The van der Waals surface area contributed by atoms with E-state index in [2.05, 4.69) is 10.6 Å². The maximum Gasteiger partial charge on any atom is 0.291 e. The van der Waals surface area contributed by atoms with Gasteiger partial charge in [-0.1, -0.05) is 42.5 Å². The van der Waals surface area contributed by atoms with Crippen LogP contribution in [0.5, 0.6) is 0 Å². The summed E-state index contributed by atoms with van der Waals surface area (Å²) in [5, 5.41) is 6.64. The lowest BCUT2D eigenvalue weighted by molar-refractivity contribution is 0.0990. The number of carbonyl (C=O) groups is 2. The third-order valence-corrected chi connectivity index (χ3v) is 5.06. The van der Waals surface area contributed by atoms with E-state index in [0.29, 0.717) is 28.1 Å². The molecule has 2 N–H and O–H groups in total. The number of carbonyl (C=O) groups excluding carboxylic acids is 2. The molecule has 0 spiro atoms. The van der Waals surface area contributed by atoms with Crippen LogP contribution in [0.15, 0.2) is 77.2 Å². The molecule has 6 nitrogen and oxygen atoms in total. The summed E-state index contributed by atoms with van der Waals surface area (Å²) < 4.78 is 11.1. The van der Waals surface area contributed by atoms with Crippen LogP contribution in [0.4, 0.5) is 11.4 Å². The van der Waals surface area contributed by atoms with Crippen molar-refractivity contribution in [3.63, 3.8) is 0 Å². The van der Waals surface area contributed by atoms with Crippen LogP contribution in [0.3, 0.4) is 0 Å². The number of para-hydroxylation sites is 1. The Kier molecular flexibility index (Phi) is 5.82. The fourth-order valence-electron chi connectivity index (χ4n) is 3.44. The van der Waals surface area contributed by atoms with Crippen molar-refractivity contribution in [1.82, 2.24) is 0 Å². The van der Waals surface area contributed by atoms with E-state index in [1.54, 1.807) is 37.4 Å². The monoisotopic (exact) mass is 414 g/mol. The van der Waals surface area contributed by atoms with Gasteiger partial charge < -0.3 is 19.8 Å². The van der Waals surface area contributed by atoms with Gasteiger partial charge in [0.1, 0.15) is 5.58 Å². The zero-order valence-corrected chi connectivity index (χ0v) is 17.3. The number of anilines is 2. The van der Waals surface area contributed by atoms with E-state index in [1.165, 1.54) is 0 Å². The molecule has 31 heavy (non-hydrogen) atoms. The first-order valence-electron chi connectivity index (χ1n) is 9.85. The molecule has 0 aliphatic heterocycles. The molecule has 0 saturated carbocycles. The Morgan fingerprint density at radius 1 is 0.839 bits per heavy atom. The molecule has 1 heterocycles. The van der Waals surface area contributed by atoms with Gasteiger partial charge in [-0.2, -0.15) is 0 Å². The van der Waals surface area contributed by atoms with Gasteiger partial charge in [-0.25, -0.2) is 0 Å². The van der Waals surface area contributed by atoms with Crippen molar-refractivity contribution in [1.29, 1.82) is 0 Å². The summed E-state index contributed by atoms with van der Waals surface area (Å²) in [7, 11) is 1.58. The van der Waals surface area contributed by atoms with Gasteiger partial charge >= 0.3 is 0 Å².